The molecular formula is C23H38IN5O. The van der Waals surface area contributed by atoms with Crippen LogP contribution in [0.25, 0.3) is 0 Å². The number of amides is 1. The van der Waals surface area contributed by atoms with Crippen molar-refractivity contribution in [3.05, 3.63) is 35.9 Å². The predicted octanol–water partition coefficient (Wildman–Crippen LogP) is 3.00. The van der Waals surface area contributed by atoms with Crippen LogP contribution in [-0.2, 0) is 4.79 Å². The highest BCUT2D eigenvalue weighted by Gasteiger charge is 2.30. The zero-order valence-corrected chi connectivity index (χ0v) is 21.0. The number of likely N-dealkylation sites (tertiary alicyclic amines) is 1. The van der Waals surface area contributed by atoms with Crippen molar-refractivity contribution in [1.82, 2.24) is 20.0 Å². The van der Waals surface area contributed by atoms with Gasteiger partial charge in [-0.3, -0.25) is 14.7 Å². The summed E-state index contributed by atoms with van der Waals surface area (Å²) >= 11 is 0. The third-order valence-electron chi connectivity index (χ3n) is 6.42. The molecule has 2 aliphatic heterocycles. The molecule has 0 aliphatic carbocycles. The maximum absolute atomic E-state index is 12.7. The third kappa shape index (κ3) is 6.33. The van der Waals surface area contributed by atoms with Gasteiger partial charge in [-0.05, 0) is 31.7 Å². The summed E-state index contributed by atoms with van der Waals surface area (Å²) in [7, 11) is 1.86. The van der Waals surface area contributed by atoms with E-state index in [1.54, 1.807) is 0 Å². The molecule has 6 nitrogen and oxygen atoms in total. The first kappa shape index (κ1) is 24.9. The van der Waals surface area contributed by atoms with E-state index in [2.05, 4.69) is 64.3 Å². The second kappa shape index (κ2) is 12.5. The Morgan fingerprint density at radius 3 is 2.23 bits per heavy atom. The maximum Gasteiger partial charge on any atom is 0.239 e. The predicted molar refractivity (Wildman–Crippen MR) is 135 cm³/mol. The van der Waals surface area contributed by atoms with E-state index in [1.807, 2.05) is 11.9 Å². The largest absolute Gasteiger partial charge is 0.356 e. The summed E-state index contributed by atoms with van der Waals surface area (Å²) in [4.78, 5) is 23.9. The lowest BCUT2D eigenvalue weighted by Gasteiger charge is -2.39. The molecule has 0 spiro atoms. The molecule has 30 heavy (non-hydrogen) atoms. The highest BCUT2D eigenvalue weighted by atomic mass is 127. The molecule has 2 fully saturated rings. The summed E-state index contributed by atoms with van der Waals surface area (Å²) in [6.07, 6.45) is 3.39. The Balaban J connectivity index is 0.00000320. The zero-order chi connectivity index (χ0) is 20.6. The first-order chi connectivity index (χ1) is 14.1. The highest BCUT2D eigenvalue weighted by molar-refractivity contribution is 14.0. The molecule has 2 unspecified atom stereocenters. The molecule has 2 atom stereocenters. The molecular weight excluding hydrogens is 489 g/mol. The molecule has 7 heteroatoms. The minimum Gasteiger partial charge on any atom is -0.356 e. The second-order valence-corrected chi connectivity index (χ2v) is 8.18. The fraction of sp³-hybridized carbons (Fsp3) is 0.652. The first-order valence-corrected chi connectivity index (χ1v) is 11.2. The van der Waals surface area contributed by atoms with Gasteiger partial charge in [0.1, 0.15) is 0 Å². The van der Waals surface area contributed by atoms with Crippen LogP contribution in [0.3, 0.4) is 0 Å². The lowest BCUT2D eigenvalue weighted by atomic mass is 9.96. The smallest absolute Gasteiger partial charge is 0.239 e. The number of nitrogens with zero attached hydrogens (tertiary/aromatic N) is 4. The Hall–Kier alpha value is -1.35. The number of aliphatic imine (C=N–C) groups is 1. The number of guanidine groups is 1. The van der Waals surface area contributed by atoms with Crippen LogP contribution in [0.4, 0.5) is 0 Å². The van der Waals surface area contributed by atoms with Crippen molar-refractivity contribution in [2.24, 2.45) is 4.99 Å². The minimum atomic E-state index is -0.0206. The van der Waals surface area contributed by atoms with Crippen LogP contribution in [0.5, 0.6) is 0 Å². The molecule has 3 rings (SSSR count). The number of benzene rings is 1. The van der Waals surface area contributed by atoms with Crippen LogP contribution in [0.15, 0.2) is 35.3 Å². The number of hydrogen-bond acceptors (Lipinski definition) is 3. The average molecular weight is 527 g/mol. The van der Waals surface area contributed by atoms with Gasteiger partial charge < -0.3 is 15.1 Å². The van der Waals surface area contributed by atoms with Crippen molar-refractivity contribution in [2.45, 2.75) is 45.1 Å². The van der Waals surface area contributed by atoms with Gasteiger partial charge in [0.25, 0.3) is 0 Å². The summed E-state index contributed by atoms with van der Waals surface area (Å²) in [5.41, 5.74) is 1.37. The SMILES string of the molecule is CCC(CNC(=NC)N1CCN(C(C)C(=O)N2CCCC2)CC1)c1ccccc1.I. The molecule has 1 aromatic carbocycles. The Bertz CT molecular complexity index is 669. The van der Waals surface area contributed by atoms with Crippen molar-refractivity contribution in [2.75, 3.05) is 52.9 Å². The maximum atomic E-state index is 12.7. The number of nitrogens with one attached hydrogen (secondary N) is 1. The van der Waals surface area contributed by atoms with E-state index in [0.29, 0.717) is 11.8 Å². The molecule has 2 heterocycles. The average Bonchev–Trinajstić information content (AvgIpc) is 3.32. The molecule has 1 N–H and O–H groups in total. The fourth-order valence-electron chi connectivity index (χ4n) is 4.45. The van der Waals surface area contributed by atoms with Crippen LogP contribution in [0, 0.1) is 0 Å². The van der Waals surface area contributed by atoms with Gasteiger partial charge in [0.15, 0.2) is 5.96 Å². The fourth-order valence-corrected chi connectivity index (χ4v) is 4.45. The number of halogens is 1. The van der Waals surface area contributed by atoms with Crippen LogP contribution in [-0.4, -0.2) is 85.5 Å². The van der Waals surface area contributed by atoms with Crippen molar-refractivity contribution in [3.63, 3.8) is 0 Å². The Kier molecular flexibility index (Phi) is 10.4. The summed E-state index contributed by atoms with van der Waals surface area (Å²) < 4.78 is 0. The highest BCUT2D eigenvalue weighted by Crippen LogP contribution is 2.18. The lowest BCUT2D eigenvalue weighted by Crippen LogP contribution is -2.57. The Morgan fingerprint density at radius 2 is 1.67 bits per heavy atom. The van der Waals surface area contributed by atoms with E-state index in [4.69, 9.17) is 0 Å². The molecule has 0 aromatic heterocycles. The number of hydrogen-bond donors (Lipinski definition) is 1. The van der Waals surface area contributed by atoms with Gasteiger partial charge >= 0.3 is 0 Å². The number of carbonyl (C=O) groups excluding carboxylic acids is 1. The van der Waals surface area contributed by atoms with Crippen LogP contribution < -0.4 is 5.32 Å². The van der Waals surface area contributed by atoms with Crippen molar-refractivity contribution in [3.8, 4) is 0 Å². The monoisotopic (exact) mass is 527 g/mol. The molecule has 1 aromatic rings. The van der Waals surface area contributed by atoms with Crippen LogP contribution in [0.1, 0.15) is 44.6 Å². The van der Waals surface area contributed by atoms with Gasteiger partial charge in [0, 0.05) is 58.8 Å². The molecule has 0 radical (unpaired) electrons. The van der Waals surface area contributed by atoms with Gasteiger partial charge in [0.2, 0.25) is 5.91 Å². The second-order valence-electron chi connectivity index (χ2n) is 8.18. The normalized spacial score (nSPS) is 19.9. The molecule has 2 aliphatic rings. The summed E-state index contributed by atoms with van der Waals surface area (Å²) in [5.74, 6) is 1.75. The molecule has 0 saturated carbocycles. The van der Waals surface area contributed by atoms with Crippen LogP contribution in [0.2, 0.25) is 0 Å². The standard InChI is InChI=1S/C23H37N5O.HI/c1-4-20(21-10-6-5-7-11-21)18-25-23(24-3)28-16-14-26(15-17-28)19(2)22(29)27-12-8-9-13-27;/h5-7,10-11,19-20H,4,8-9,12-18H2,1-3H3,(H,24,25);1H. The minimum absolute atomic E-state index is 0. The van der Waals surface area contributed by atoms with E-state index in [-0.39, 0.29) is 30.0 Å². The summed E-state index contributed by atoms with van der Waals surface area (Å²) in [6.45, 7) is 10.7. The van der Waals surface area contributed by atoms with Crippen LogP contribution >= 0.6 is 24.0 Å². The number of carbonyl (C=O) groups is 1. The van der Waals surface area contributed by atoms with Gasteiger partial charge in [-0.1, -0.05) is 37.3 Å². The summed E-state index contributed by atoms with van der Waals surface area (Å²) in [5, 5.41) is 3.58. The van der Waals surface area contributed by atoms with Gasteiger partial charge in [0.05, 0.1) is 6.04 Å². The Morgan fingerprint density at radius 1 is 1.03 bits per heavy atom. The van der Waals surface area contributed by atoms with E-state index < -0.39 is 0 Å². The third-order valence-corrected chi connectivity index (χ3v) is 6.42. The van der Waals surface area contributed by atoms with E-state index in [1.165, 1.54) is 5.56 Å². The van der Waals surface area contributed by atoms with E-state index >= 15 is 0 Å². The lowest BCUT2D eigenvalue weighted by molar-refractivity contribution is -0.135. The molecule has 1 amide bonds. The number of rotatable bonds is 6. The van der Waals surface area contributed by atoms with E-state index in [0.717, 1.165) is 71.0 Å². The Labute approximate surface area is 199 Å². The molecule has 0 bridgehead atoms. The van der Waals surface area contributed by atoms with E-state index in [9.17, 15) is 4.79 Å². The topological polar surface area (TPSA) is 51.2 Å². The first-order valence-electron chi connectivity index (χ1n) is 11.2. The molecule has 2 saturated heterocycles. The quantitative estimate of drug-likeness (QED) is 0.351. The van der Waals surface area contributed by atoms with Gasteiger partial charge in [-0.15, -0.1) is 24.0 Å². The summed E-state index contributed by atoms with van der Waals surface area (Å²) in [6, 6.07) is 10.7. The van der Waals surface area contributed by atoms with Crippen molar-refractivity contribution in [1.29, 1.82) is 0 Å². The van der Waals surface area contributed by atoms with Gasteiger partial charge in [-0.25, -0.2) is 0 Å². The number of piperazine rings is 1. The van der Waals surface area contributed by atoms with Gasteiger partial charge in [-0.2, -0.15) is 0 Å². The molecule has 168 valence electrons. The van der Waals surface area contributed by atoms with Crippen molar-refractivity contribution < 1.29 is 4.79 Å². The zero-order valence-electron chi connectivity index (χ0n) is 18.7. The van der Waals surface area contributed by atoms with Crippen molar-refractivity contribution >= 4 is 35.8 Å².